The van der Waals surface area contributed by atoms with Gasteiger partial charge in [-0.1, -0.05) is 6.07 Å². The molecule has 1 aromatic carbocycles. The molecule has 0 aromatic heterocycles. The van der Waals surface area contributed by atoms with Crippen LogP contribution >= 0.6 is 0 Å². The average molecular weight is 244 g/mol. The van der Waals surface area contributed by atoms with Crippen molar-refractivity contribution in [2.75, 3.05) is 13.1 Å². The van der Waals surface area contributed by atoms with E-state index in [1.54, 1.807) is 0 Å². The van der Waals surface area contributed by atoms with Gasteiger partial charge in [0.25, 0.3) is 5.91 Å². The molecule has 0 saturated carbocycles. The summed E-state index contributed by atoms with van der Waals surface area (Å²) in [4.78, 5) is 12.1. The maximum absolute atomic E-state index is 12.1. The van der Waals surface area contributed by atoms with Crippen molar-refractivity contribution in [3.63, 3.8) is 0 Å². The minimum absolute atomic E-state index is 0.0806. The molecule has 18 heavy (non-hydrogen) atoms. The Labute approximate surface area is 108 Å². The fourth-order valence-electron chi connectivity index (χ4n) is 2.92. The molecule has 1 atom stereocenters. The first-order valence-electron chi connectivity index (χ1n) is 6.96. The predicted octanol–water partition coefficient (Wildman–Crippen LogP) is 1.66. The number of hydrogen-bond acceptors (Lipinski definition) is 2. The van der Waals surface area contributed by atoms with Gasteiger partial charge in [0.15, 0.2) is 0 Å². The van der Waals surface area contributed by atoms with Crippen LogP contribution in [0.4, 0.5) is 0 Å². The summed E-state index contributed by atoms with van der Waals surface area (Å²) >= 11 is 0. The highest BCUT2D eigenvalue weighted by atomic mass is 16.1. The third-order valence-electron chi connectivity index (χ3n) is 4.01. The summed E-state index contributed by atoms with van der Waals surface area (Å²) in [6.07, 6.45) is 5.87. The molecule has 1 unspecified atom stereocenters. The van der Waals surface area contributed by atoms with Gasteiger partial charge in [0.2, 0.25) is 0 Å². The van der Waals surface area contributed by atoms with Gasteiger partial charge < -0.3 is 10.6 Å². The Bertz CT molecular complexity index is 450. The molecule has 1 saturated heterocycles. The van der Waals surface area contributed by atoms with Crippen LogP contribution in [0.15, 0.2) is 18.2 Å². The molecule has 2 N–H and O–H groups in total. The highest BCUT2D eigenvalue weighted by Crippen LogP contribution is 2.22. The topological polar surface area (TPSA) is 41.1 Å². The van der Waals surface area contributed by atoms with Crippen LogP contribution in [0.1, 0.15) is 40.7 Å². The average Bonchev–Trinajstić information content (AvgIpc) is 2.91. The molecule has 1 aliphatic carbocycles. The zero-order chi connectivity index (χ0) is 12.4. The minimum atomic E-state index is 0.0806. The molecule has 1 amide bonds. The lowest BCUT2D eigenvalue weighted by molar-refractivity contribution is 0.0940. The Balaban J connectivity index is 1.73. The predicted molar refractivity (Wildman–Crippen MR) is 71.8 cm³/mol. The lowest BCUT2D eigenvalue weighted by Crippen LogP contribution is -2.36. The molecule has 1 heterocycles. The molecular formula is C15H20N2O. The Morgan fingerprint density at radius 2 is 2.06 bits per heavy atom. The van der Waals surface area contributed by atoms with E-state index in [0.29, 0.717) is 6.04 Å². The van der Waals surface area contributed by atoms with Crippen molar-refractivity contribution in [3.8, 4) is 0 Å². The van der Waals surface area contributed by atoms with Gasteiger partial charge in [-0.05, 0) is 61.9 Å². The van der Waals surface area contributed by atoms with E-state index in [0.717, 1.165) is 31.5 Å². The molecule has 96 valence electrons. The van der Waals surface area contributed by atoms with E-state index >= 15 is 0 Å². The van der Waals surface area contributed by atoms with Gasteiger partial charge in [0, 0.05) is 18.2 Å². The second-order valence-corrected chi connectivity index (χ2v) is 5.35. The number of aryl methyl sites for hydroxylation is 2. The third kappa shape index (κ3) is 2.41. The summed E-state index contributed by atoms with van der Waals surface area (Å²) in [6.45, 7) is 1.91. The van der Waals surface area contributed by atoms with Crippen LogP contribution in [0.3, 0.4) is 0 Å². The minimum Gasteiger partial charge on any atom is -0.348 e. The smallest absolute Gasteiger partial charge is 0.251 e. The molecule has 2 aliphatic rings. The molecule has 3 heteroatoms. The van der Waals surface area contributed by atoms with Gasteiger partial charge in [-0.15, -0.1) is 0 Å². The molecule has 3 nitrogen and oxygen atoms in total. The second-order valence-electron chi connectivity index (χ2n) is 5.35. The summed E-state index contributed by atoms with van der Waals surface area (Å²) < 4.78 is 0. The van der Waals surface area contributed by atoms with E-state index in [-0.39, 0.29) is 5.91 Å². The fourth-order valence-corrected chi connectivity index (χ4v) is 2.92. The van der Waals surface area contributed by atoms with Crippen molar-refractivity contribution in [1.82, 2.24) is 10.6 Å². The number of nitrogens with one attached hydrogen (secondary N) is 2. The molecule has 0 bridgehead atoms. The van der Waals surface area contributed by atoms with Gasteiger partial charge >= 0.3 is 0 Å². The highest BCUT2D eigenvalue weighted by Gasteiger charge is 2.18. The summed E-state index contributed by atoms with van der Waals surface area (Å²) in [5.41, 5.74) is 3.63. The van der Waals surface area contributed by atoms with Crippen molar-refractivity contribution < 1.29 is 4.79 Å². The van der Waals surface area contributed by atoms with Crippen LogP contribution in [0.5, 0.6) is 0 Å². The quantitative estimate of drug-likeness (QED) is 0.830. The van der Waals surface area contributed by atoms with Crippen molar-refractivity contribution >= 4 is 5.91 Å². The summed E-state index contributed by atoms with van der Waals surface area (Å²) in [6, 6.07) is 6.50. The van der Waals surface area contributed by atoms with Gasteiger partial charge in [0.1, 0.15) is 0 Å². The third-order valence-corrected chi connectivity index (χ3v) is 4.01. The van der Waals surface area contributed by atoms with Crippen LogP contribution in [0, 0.1) is 0 Å². The largest absolute Gasteiger partial charge is 0.348 e. The first-order chi connectivity index (χ1) is 8.83. The van der Waals surface area contributed by atoms with E-state index in [1.807, 2.05) is 6.07 Å². The summed E-state index contributed by atoms with van der Waals surface area (Å²) in [5, 5.41) is 6.36. The zero-order valence-electron chi connectivity index (χ0n) is 10.7. The number of carbonyl (C=O) groups is 1. The van der Waals surface area contributed by atoms with E-state index in [4.69, 9.17) is 0 Å². The number of rotatable bonds is 2. The Kier molecular flexibility index (Phi) is 3.33. The molecule has 1 aliphatic heterocycles. The van der Waals surface area contributed by atoms with E-state index < -0.39 is 0 Å². The molecule has 1 fully saturated rings. The van der Waals surface area contributed by atoms with Crippen LogP contribution in [0.25, 0.3) is 0 Å². The normalized spacial score (nSPS) is 22.6. The van der Waals surface area contributed by atoms with Crippen LogP contribution < -0.4 is 10.6 Å². The number of fused-ring (bicyclic) bond motifs is 1. The lowest BCUT2D eigenvalue weighted by atomic mass is 9.90. The zero-order valence-corrected chi connectivity index (χ0v) is 10.7. The first-order valence-corrected chi connectivity index (χ1v) is 6.96. The standard InChI is InChI=1S/C15H20N2O/c18-15(17-14-7-8-16-10-14)13-6-5-11-3-1-2-4-12(11)9-13/h5-6,9,14,16H,1-4,7-8,10H2,(H,17,18). The SMILES string of the molecule is O=C(NC1CCNC1)c1ccc2c(c1)CCCC2. The second kappa shape index (κ2) is 5.11. The summed E-state index contributed by atoms with van der Waals surface area (Å²) in [7, 11) is 0. The van der Waals surface area contributed by atoms with Crippen LogP contribution in [-0.2, 0) is 12.8 Å². The number of hydrogen-bond donors (Lipinski definition) is 2. The number of amides is 1. The Hall–Kier alpha value is -1.35. The van der Waals surface area contributed by atoms with Crippen molar-refractivity contribution in [2.24, 2.45) is 0 Å². The number of carbonyl (C=O) groups excluding carboxylic acids is 1. The van der Waals surface area contributed by atoms with E-state index in [2.05, 4.69) is 22.8 Å². The fraction of sp³-hybridized carbons (Fsp3) is 0.533. The van der Waals surface area contributed by atoms with Crippen molar-refractivity contribution in [2.45, 2.75) is 38.1 Å². The highest BCUT2D eigenvalue weighted by molar-refractivity contribution is 5.94. The maximum atomic E-state index is 12.1. The Morgan fingerprint density at radius 3 is 2.83 bits per heavy atom. The van der Waals surface area contributed by atoms with Crippen molar-refractivity contribution in [1.29, 1.82) is 0 Å². The van der Waals surface area contributed by atoms with Crippen molar-refractivity contribution in [3.05, 3.63) is 34.9 Å². The van der Waals surface area contributed by atoms with Crippen LogP contribution in [-0.4, -0.2) is 25.0 Å². The van der Waals surface area contributed by atoms with Gasteiger partial charge in [0.05, 0.1) is 0 Å². The first kappa shape index (κ1) is 11.7. The van der Waals surface area contributed by atoms with Gasteiger partial charge in [-0.25, -0.2) is 0 Å². The molecule has 0 radical (unpaired) electrons. The van der Waals surface area contributed by atoms with E-state index in [1.165, 1.54) is 30.4 Å². The van der Waals surface area contributed by atoms with Crippen LogP contribution in [0.2, 0.25) is 0 Å². The number of benzene rings is 1. The van der Waals surface area contributed by atoms with Gasteiger partial charge in [-0.2, -0.15) is 0 Å². The lowest BCUT2D eigenvalue weighted by Gasteiger charge is -2.17. The van der Waals surface area contributed by atoms with Gasteiger partial charge in [-0.3, -0.25) is 4.79 Å². The Morgan fingerprint density at radius 1 is 1.22 bits per heavy atom. The molecule has 1 aromatic rings. The summed E-state index contributed by atoms with van der Waals surface area (Å²) in [5.74, 6) is 0.0806. The monoisotopic (exact) mass is 244 g/mol. The molecule has 0 spiro atoms. The maximum Gasteiger partial charge on any atom is 0.251 e. The molecule has 3 rings (SSSR count). The van der Waals surface area contributed by atoms with E-state index in [9.17, 15) is 4.79 Å². The molecular weight excluding hydrogens is 224 g/mol.